The lowest BCUT2D eigenvalue weighted by molar-refractivity contribution is -0.122. The fourth-order valence-corrected chi connectivity index (χ4v) is 3.53. The molecule has 27 heavy (non-hydrogen) atoms. The molecule has 9 nitrogen and oxygen atoms in total. The highest BCUT2D eigenvalue weighted by Gasteiger charge is 2.36. The molecule has 2 amide bonds. The van der Waals surface area contributed by atoms with Gasteiger partial charge >= 0.3 is 0 Å². The van der Waals surface area contributed by atoms with Crippen LogP contribution < -0.4 is 19.7 Å². The lowest BCUT2D eigenvalue weighted by atomic mass is 10.1. The van der Waals surface area contributed by atoms with Crippen LogP contribution in [0.15, 0.2) is 18.2 Å². The van der Waals surface area contributed by atoms with Gasteiger partial charge in [0, 0.05) is 26.1 Å². The van der Waals surface area contributed by atoms with E-state index in [0.29, 0.717) is 33.9 Å². The Morgan fingerprint density at radius 3 is 2.81 bits per heavy atom. The summed E-state index contributed by atoms with van der Waals surface area (Å²) < 4.78 is 15.5. The summed E-state index contributed by atoms with van der Waals surface area (Å²) in [5.74, 6) is 0.241. The fourth-order valence-electron chi connectivity index (χ4n) is 2.82. The Hall–Kier alpha value is -2.72. The number of hydrogen-bond donors (Lipinski definition) is 1. The van der Waals surface area contributed by atoms with Crippen molar-refractivity contribution in [2.45, 2.75) is 13.0 Å². The van der Waals surface area contributed by atoms with Crippen LogP contribution >= 0.6 is 11.3 Å². The molecule has 2 heterocycles. The molecule has 2 aromatic rings. The van der Waals surface area contributed by atoms with Crippen LogP contribution in [0.1, 0.15) is 11.4 Å². The SMILES string of the molecule is COCc1nnc(NC(=O)[C@H]2CC(=O)N(c3ccc(OC)cc3OC)C2)s1. The Balaban J connectivity index is 1.70. The van der Waals surface area contributed by atoms with E-state index in [4.69, 9.17) is 14.2 Å². The highest BCUT2D eigenvalue weighted by molar-refractivity contribution is 7.15. The average Bonchev–Trinajstić information content (AvgIpc) is 3.28. The predicted molar refractivity (Wildman–Crippen MR) is 99.3 cm³/mol. The number of hydrogen-bond acceptors (Lipinski definition) is 8. The van der Waals surface area contributed by atoms with Crippen LogP contribution in [-0.2, 0) is 20.9 Å². The lowest BCUT2D eigenvalue weighted by Gasteiger charge is -2.20. The summed E-state index contributed by atoms with van der Waals surface area (Å²) in [5, 5.41) is 11.6. The Morgan fingerprint density at radius 2 is 2.11 bits per heavy atom. The van der Waals surface area contributed by atoms with Gasteiger partial charge in [-0.05, 0) is 12.1 Å². The minimum absolute atomic E-state index is 0.116. The highest BCUT2D eigenvalue weighted by atomic mass is 32.1. The minimum Gasteiger partial charge on any atom is -0.497 e. The summed E-state index contributed by atoms with van der Waals surface area (Å²) in [4.78, 5) is 26.6. The number of benzene rings is 1. The number of methoxy groups -OCH3 is 3. The highest BCUT2D eigenvalue weighted by Crippen LogP contribution is 2.36. The van der Waals surface area contributed by atoms with Gasteiger partial charge in [-0.3, -0.25) is 9.59 Å². The molecule has 1 aliphatic rings. The van der Waals surface area contributed by atoms with Crippen molar-refractivity contribution >= 4 is 34.0 Å². The van der Waals surface area contributed by atoms with Crippen LogP contribution in [0.25, 0.3) is 0 Å². The monoisotopic (exact) mass is 392 g/mol. The van der Waals surface area contributed by atoms with E-state index in [1.807, 2.05) is 0 Å². The van der Waals surface area contributed by atoms with Gasteiger partial charge in [-0.15, -0.1) is 10.2 Å². The molecule has 1 fully saturated rings. The quantitative estimate of drug-likeness (QED) is 0.765. The van der Waals surface area contributed by atoms with E-state index in [-0.39, 0.29) is 24.8 Å². The summed E-state index contributed by atoms with van der Waals surface area (Å²) in [7, 11) is 4.64. The summed E-state index contributed by atoms with van der Waals surface area (Å²) in [6, 6.07) is 5.20. The van der Waals surface area contributed by atoms with Crippen molar-refractivity contribution in [2.24, 2.45) is 5.92 Å². The first-order valence-corrected chi connectivity index (χ1v) is 9.02. The topological polar surface area (TPSA) is 103 Å². The van der Waals surface area contributed by atoms with Gasteiger partial charge in [0.1, 0.15) is 23.1 Å². The normalized spacial score (nSPS) is 16.5. The van der Waals surface area contributed by atoms with E-state index >= 15 is 0 Å². The van der Waals surface area contributed by atoms with E-state index in [1.54, 1.807) is 37.3 Å². The minimum atomic E-state index is -0.487. The summed E-state index contributed by atoms with van der Waals surface area (Å²) >= 11 is 1.24. The molecule has 0 aliphatic carbocycles. The number of carbonyl (C=O) groups is 2. The van der Waals surface area contributed by atoms with Crippen molar-refractivity contribution < 1.29 is 23.8 Å². The molecule has 144 valence electrons. The van der Waals surface area contributed by atoms with Gasteiger partial charge in [0.2, 0.25) is 16.9 Å². The van der Waals surface area contributed by atoms with Crippen LogP contribution in [0.5, 0.6) is 11.5 Å². The number of aromatic nitrogens is 2. The smallest absolute Gasteiger partial charge is 0.231 e. The second-order valence-corrected chi connectivity index (χ2v) is 6.93. The molecule has 0 saturated carbocycles. The third kappa shape index (κ3) is 4.17. The van der Waals surface area contributed by atoms with E-state index < -0.39 is 5.92 Å². The predicted octanol–water partition coefficient (Wildman–Crippen LogP) is 1.69. The standard InChI is InChI=1S/C17H20N4O5S/c1-24-9-14-19-20-17(27-14)18-16(23)10-6-15(22)21(8-10)12-5-4-11(25-2)7-13(12)26-3/h4-5,7,10H,6,8-9H2,1-3H3,(H,18,20,23)/t10-/m0/s1. The van der Waals surface area contributed by atoms with Gasteiger partial charge in [-0.25, -0.2) is 0 Å². The van der Waals surface area contributed by atoms with E-state index in [2.05, 4.69) is 15.5 Å². The van der Waals surface area contributed by atoms with Gasteiger partial charge in [-0.1, -0.05) is 11.3 Å². The second-order valence-electron chi connectivity index (χ2n) is 5.87. The van der Waals surface area contributed by atoms with E-state index in [0.717, 1.165) is 0 Å². The molecular formula is C17H20N4O5S. The van der Waals surface area contributed by atoms with Crippen LogP contribution in [0, 0.1) is 5.92 Å². The summed E-state index contributed by atoms with van der Waals surface area (Å²) in [6.07, 6.45) is 0.116. The molecule has 10 heteroatoms. The third-order valence-electron chi connectivity index (χ3n) is 4.14. The van der Waals surface area contributed by atoms with E-state index in [9.17, 15) is 9.59 Å². The zero-order valence-corrected chi connectivity index (χ0v) is 16.0. The maximum absolute atomic E-state index is 12.5. The molecule has 1 aromatic heterocycles. The number of ether oxygens (including phenoxy) is 3. The van der Waals surface area contributed by atoms with E-state index in [1.165, 1.54) is 18.4 Å². The van der Waals surface area contributed by atoms with Crippen molar-refractivity contribution in [3.8, 4) is 11.5 Å². The first kappa shape index (κ1) is 19.1. The van der Waals surface area contributed by atoms with Gasteiger partial charge in [0.15, 0.2) is 0 Å². The van der Waals surface area contributed by atoms with Crippen molar-refractivity contribution in [1.29, 1.82) is 0 Å². The Labute approximate surface area is 160 Å². The number of carbonyl (C=O) groups excluding carboxylic acids is 2. The third-order valence-corrected chi connectivity index (χ3v) is 4.95. The second kappa shape index (κ2) is 8.31. The van der Waals surface area contributed by atoms with Crippen LogP contribution in [-0.4, -0.2) is 49.9 Å². The molecule has 1 aliphatic heterocycles. The number of rotatable bonds is 7. The largest absolute Gasteiger partial charge is 0.497 e. The molecule has 0 spiro atoms. The Morgan fingerprint density at radius 1 is 1.30 bits per heavy atom. The molecular weight excluding hydrogens is 372 g/mol. The molecule has 1 saturated heterocycles. The first-order chi connectivity index (χ1) is 13.0. The Kier molecular flexibility index (Phi) is 5.87. The maximum atomic E-state index is 12.5. The van der Waals surface area contributed by atoms with Gasteiger partial charge in [-0.2, -0.15) is 0 Å². The molecule has 1 aromatic carbocycles. The molecule has 1 atom stereocenters. The van der Waals surface area contributed by atoms with Gasteiger partial charge in [0.05, 0.1) is 25.8 Å². The average molecular weight is 392 g/mol. The number of anilines is 2. The van der Waals surface area contributed by atoms with Gasteiger partial charge < -0.3 is 24.4 Å². The molecule has 1 N–H and O–H groups in total. The molecule has 0 unspecified atom stereocenters. The summed E-state index contributed by atoms with van der Waals surface area (Å²) in [6.45, 7) is 0.595. The number of nitrogens with zero attached hydrogens (tertiary/aromatic N) is 3. The molecule has 0 radical (unpaired) electrons. The van der Waals surface area contributed by atoms with Crippen molar-refractivity contribution in [1.82, 2.24) is 10.2 Å². The number of amides is 2. The van der Waals surface area contributed by atoms with Crippen LogP contribution in [0.4, 0.5) is 10.8 Å². The number of nitrogens with one attached hydrogen (secondary N) is 1. The van der Waals surface area contributed by atoms with Crippen molar-refractivity contribution in [3.05, 3.63) is 23.2 Å². The zero-order chi connectivity index (χ0) is 19.4. The van der Waals surface area contributed by atoms with Crippen LogP contribution in [0.3, 0.4) is 0 Å². The zero-order valence-electron chi connectivity index (χ0n) is 15.2. The Bertz CT molecular complexity index is 840. The molecule has 3 rings (SSSR count). The first-order valence-electron chi connectivity index (χ1n) is 8.20. The van der Waals surface area contributed by atoms with Crippen LogP contribution in [0.2, 0.25) is 0 Å². The maximum Gasteiger partial charge on any atom is 0.231 e. The van der Waals surface area contributed by atoms with Gasteiger partial charge in [0.25, 0.3) is 0 Å². The lowest BCUT2D eigenvalue weighted by Crippen LogP contribution is -2.28. The molecule has 0 bridgehead atoms. The van der Waals surface area contributed by atoms with Crippen molar-refractivity contribution in [2.75, 3.05) is 38.1 Å². The fraction of sp³-hybridized carbons (Fsp3) is 0.412. The van der Waals surface area contributed by atoms with Crippen molar-refractivity contribution in [3.63, 3.8) is 0 Å². The summed E-state index contributed by atoms with van der Waals surface area (Å²) in [5.41, 5.74) is 0.608.